The molecule has 8 heteroatoms. The molecule has 0 saturated heterocycles. The molecule has 4 aromatic rings. The number of nitrogens with one attached hydrogen (secondary N) is 1. The summed E-state index contributed by atoms with van der Waals surface area (Å²) in [6, 6.07) is 20.6. The number of aromatic nitrogens is 1. The molecule has 0 bridgehead atoms. The first-order valence-corrected chi connectivity index (χ1v) is 10.5. The summed E-state index contributed by atoms with van der Waals surface area (Å²) >= 11 is 5.66. The molecule has 32 heavy (non-hydrogen) atoms. The van der Waals surface area contributed by atoms with Gasteiger partial charge in [-0.15, -0.1) is 0 Å². The van der Waals surface area contributed by atoms with Crippen LogP contribution in [0.4, 0.5) is 11.4 Å². The number of phenolic OH excluding ortho intramolecular Hbond substituents is 1. The van der Waals surface area contributed by atoms with Gasteiger partial charge in [0, 0.05) is 29.0 Å². The van der Waals surface area contributed by atoms with E-state index in [1.807, 2.05) is 12.1 Å². The summed E-state index contributed by atoms with van der Waals surface area (Å²) in [5.74, 6) is 1.25. The molecule has 0 amide bonds. The predicted octanol–water partition coefficient (Wildman–Crippen LogP) is 5.03. The van der Waals surface area contributed by atoms with E-state index in [0.717, 1.165) is 30.3 Å². The van der Waals surface area contributed by atoms with Crippen LogP contribution in [0.2, 0.25) is 5.02 Å². The Kier molecular flexibility index (Phi) is 6.47. The number of nitrogens with zero attached hydrogens (tertiary/aromatic N) is 3. The highest BCUT2D eigenvalue weighted by atomic mass is 35.5. The van der Waals surface area contributed by atoms with Gasteiger partial charge in [-0.2, -0.15) is 4.98 Å². The summed E-state index contributed by atoms with van der Waals surface area (Å²) in [6.07, 6.45) is -0.331. The third kappa shape index (κ3) is 5.31. The minimum atomic E-state index is -0.331. The summed E-state index contributed by atoms with van der Waals surface area (Å²) in [5, 5.41) is 22.4. The van der Waals surface area contributed by atoms with Crippen molar-refractivity contribution in [3.8, 4) is 11.8 Å². The zero-order chi connectivity index (χ0) is 22.5. The van der Waals surface area contributed by atoms with Gasteiger partial charge in [0.05, 0.1) is 13.1 Å². The number of oxazole rings is 1. The first-order chi connectivity index (χ1) is 15.5. The summed E-state index contributed by atoms with van der Waals surface area (Å²) < 4.78 is 4.81. The number of halogens is 1. The Morgan fingerprint density at radius 3 is 2.56 bits per heavy atom. The van der Waals surface area contributed by atoms with Crippen LogP contribution >= 0.6 is 11.6 Å². The number of amidine groups is 1. The average Bonchev–Trinajstić information content (AvgIpc) is 3.41. The summed E-state index contributed by atoms with van der Waals surface area (Å²) in [5.41, 5.74) is 4.37. The van der Waals surface area contributed by atoms with Crippen LogP contribution < -0.4 is 10.2 Å². The second kappa shape index (κ2) is 9.62. The molecule has 0 unspecified atom stereocenters. The number of aromatic hydroxyl groups is 2. The van der Waals surface area contributed by atoms with E-state index in [2.05, 4.69) is 51.4 Å². The SMILES string of the molecule is Cc1ccc(N(CC2=NCCN2)c2cccc(O)c2)cc1.Oc1nc2cc(Cl)ccc2o1. The monoisotopic (exact) mass is 450 g/mol. The third-order valence-electron chi connectivity index (χ3n) is 4.88. The Labute approximate surface area is 190 Å². The molecule has 2 heterocycles. The topological polar surface area (TPSA) is 94.1 Å². The lowest BCUT2D eigenvalue weighted by Gasteiger charge is -2.25. The van der Waals surface area contributed by atoms with Crippen LogP contribution in [0.3, 0.4) is 0 Å². The molecule has 0 spiro atoms. The lowest BCUT2D eigenvalue weighted by molar-refractivity contribution is 0.328. The van der Waals surface area contributed by atoms with Crippen molar-refractivity contribution in [2.75, 3.05) is 24.5 Å². The molecule has 0 aliphatic carbocycles. The third-order valence-corrected chi connectivity index (χ3v) is 5.11. The largest absolute Gasteiger partial charge is 0.508 e. The molecule has 1 aromatic heterocycles. The molecule has 1 aliphatic heterocycles. The maximum Gasteiger partial charge on any atom is 0.392 e. The number of aliphatic imine (C=N–C) groups is 1. The number of hydrogen-bond acceptors (Lipinski definition) is 7. The minimum absolute atomic E-state index is 0.269. The molecule has 7 nitrogen and oxygen atoms in total. The lowest BCUT2D eigenvalue weighted by Crippen LogP contribution is -2.32. The average molecular weight is 451 g/mol. The van der Waals surface area contributed by atoms with Gasteiger partial charge in [-0.25, -0.2) is 0 Å². The molecular formula is C24H23ClN4O3. The highest BCUT2D eigenvalue weighted by Crippen LogP contribution is 2.28. The molecule has 1 aliphatic rings. The van der Waals surface area contributed by atoms with E-state index in [1.165, 1.54) is 5.56 Å². The lowest BCUT2D eigenvalue weighted by atomic mass is 10.2. The van der Waals surface area contributed by atoms with Crippen LogP contribution in [0.1, 0.15) is 5.56 Å². The van der Waals surface area contributed by atoms with Gasteiger partial charge in [0.15, 0.2) is 5.58 Å². The zero-order valence-corrected chi connectivity index (χ0v) is 18.3. The second-order valence-corrected chi connectivity index (χ2v) is 7.74. The van der Waals surface area contributed by atoms with Gasteiger partial charge in [0.1, 0.15) is 17.1 Å². The van der Waals surface area contributed by atoms with Crippen LogP contribution in [0, 0.1) is 6.92 Å². The van der Waals surface area contributed by atoms with Crippen molar-refractivity contribution in [2.45, 2.75) is 6.92 Å². The number of benzene rings is 3. The maximum atomic E-state index is 9.74. The van der Waals surface area contributed by atoms with Gasteiger partial charge in [0.2, 0.25) is 0 Å². The second-order valence-electron chi connectivity index (χ2n) is 7.31. The molecule has 3 aromatic carbocycles. The quantitative estimate of drug-likeness (QED) is 0.404. The van der Waals surface area contributed by atoms with Crippen LogP contribution in [0.25, 0.3) is 11.1 Å². The van der Waals surface area contributed by atoms with Crippen molar-refractivity contribution in [3.05, 3.63) is 77.3 Å². The van der Waals surface area contributed by atoms with Crippen LogP contribution in [-0.4, -0.2) is 40.7 Å². The van der Waals surface area contributed by atoms with Crippen LogP contribution in [-0.2, 0) is 0 Å². The van der Waals surface area contributed by atoms with E-state index in [0.29, 0.717) is 22.7 Å². The van der Waals surface area contributed by atoms with Gasteiger partial charge in [-0.05, 0) is 49.4 Å². The first kappa shape index (κ1) is 21.5. The van der Waals surface area contributed by atoms with Crippen molar-refractivity contribution >= 4 is 39.9 Å². The highest BCUT2D eigenvalue weighted by Gasteiger charge is 2.15. The molecular weight excluding hydrogens is 428 g/mol. The van der Waals surface area contributed by atoms with Gasteiger partial charge < -0.3 is 24.8 Å². The van der Waals surface area contributed by atoms with Crippen molar-refractivity contribution in [1.29, 1.82) is 0 Å². The number of hydrogen-bond donors (Lipinski definition) is 3. The van der Waals surface area contributed by atoms with E-state index in [9.17, 15) is 5.11 Å². The highest BCUT2D eigenvalue weighted by molar-refractivity contribution is 6.31. The molecule has 0 radical (unpaired) electrons. The van der Waals surface area contributed by atoms with Crippen molar-refractivity contribution < 1.29 is 14.6 Å². The van der Waals surface area contributed by atoms with Gasteiger partial charge in [-0.3, -0.25) is 4.99 Å². The van der Waals surface area contributed by atoms with E-state index < -0.39 is 0 Å². The number of fused-ring (bicyclic) bond motifs is 1. The Bertz CT molecular complexity index is 1240. The number of aryl methyl sites for hydroxylation is 1. The smallest absolute Gasteiger partial charge is 0.392 e. The van der Waals surface area contributed by atoms with E-state index >= 15 is 0 Å². The zero-order valence-electron chi connectivity index (χ0n) is 17.5. The van der Waals surface area contributed by atoms with E-state index in [-0.39, 0.29) is 11.8 Å². The predicted molar refractivity (Wildman–Crippen MR) is 127 cm³/mol. The van der Waals surface area contributed by atoms with Crippen molar-refractivity contribution in [2.24, 2.45) is 4.99 Å². The van der Waals surface area contributed by atoms with E-state index in [4.69, 9.17) is 21.1 Å². The summed E-state index contributed by atoms with van der Waals surface area (Å²) in [6.45, 7) is 4.48. The Morgan fingerprint density at radius 2 is 1.84 bits per heavy atom. The summed E-state index contributed by atoms with van der Waals surface area (Å²) in [4.78, 5) is 10.3. The Hall–Kier alpha value is -3.71. The molecule has 0 fully saturated rings. The Morgan fingerprint density at radius 1 is 1.03 bits per heavy atom. The van der Waals surface area contributed by atoms with E-state index in [1.54, 1.807) is 30.3 Å². The fourth-order valence-electron chi connectivity index (χ4n) is 3.31. The number of phenols is 1. The number of rotatable bonds is 4. The number of anilines is 2. The molecule has 0 saturated carbocycles. The Balaban J connectivity index is 0.000000186. The molecule has 164 valence electrons. The molecule has 3 N–H and O–H groups in total. The minimum Gasteiger partial charge on any atom is -0.508 e. The first-order valence-electron chi connectivity index (χ1n) is 10.1. The normalized spacial score (nSPS) is 12.6. The van der Waals surface area contributed by atoms with Gasteiger partial charge in [0.25, 0.3) is 0 Å². The van der Waals surface area contributed by atoms with Gasteiger partial charge in [-0.1, -0.05) is 35.4 Å². The fourth-order valence-corrected chi connectivity index (χ4v) is 3.47. The van der Waals surface area contributed by atoms with Gasteiger partial charge >= 0.3 is 6.08 Å². The standard InChI is InChI=1S/C17H19N3O.C7H4ClNO2/c1-13-5-7-14(8-6-13)20(12-17-18-9-10-19-17)15-3-2-4-16(21)11-15;8-4-1-2-6-5(3-4)9-7(10)11-6/h2-8,11,21H,9-10,12H2,1H3,(H,18,19);1-3H,(H,9,10). The van der Waals surface area contributed by atoms with Crippen LogP contribution in [0.5, 0.6) is 11.8 Å². The maximum absolute atomic E-state index is 9.74. The van der Waals surface area contributed by atoms with Crippen molar-refractivity contribution in [3.63, 3.8) is 0 Å². The molecule has 5 rings (SSSR count). The fraction of sp³-hybridized carbons (Fsp3) is 0.167. The van der Waals surface area contributed by atoms with Crippen molar-refractivity contribution in [1.82, 2.24) is 10.3 Å². The van der Waals surface area contributed by atoms with Crippen LogP contribution in [0.15, 0.2) is 76.1 Å². The molecule has 0 atom stereocenters. The summed E-state index contributed by atoms with van der Waals surface area (Å²) in [7, 11) is 0.